The van der Waals surface area contributed by atoms with Crippen molar-refractivity contribution in [3.8, 4) is 0 Å². The summed E-state index contributed by atoms with van der Waals surface area (Å²) in [6.45, 7) is 4.29. The zero-order valence-corrected chi connectivity index (χ0v) is 13.6. The number of hydrogen-bond donors (Lipinski definition) is 1. The number of anilines is 1. The molecule has 20 heavy (non-hydrogen) atoms. The standard InChI is InChI=1S/C16H21BrFNO/c1-11(2)10-16(7-3-4-8-16)15(20)19-14-9-12(18)5-6-13(14)17/h5-6,9,11H,3-4,7-8,10H2,1-2H3,(H,19,20). The zero-order chi connectivity index (χ0) is 14.8. The predicted octanol–water partition coefficient (Wildman–Crippen LogP) is 5.13. The summed E-state index contributed by atoms with van der Waals surface area (Å²) in [5.74, 6) is 0.178. The second-order valence-corrected chi connectivity index (χ2v) is 7.02. The SMILES string of the molecule is CC(C)CC1(C(=O)Nc2cc(F)ccc2Br)CCCC1. The van der Waals surface area contributed by atoms with E-state index in [1.165, 1.54) is 12.1 Å². The molecule has 1 aliphatic carbocycles. The Balaban J connectivity index is 2.18. The van der Waals surface area contributed by atoms with Crippen LogP contribution in [0, 0.1) is 17.2 Å². The number of nitrogens with one attached hydrogen (secondary N) is 1. The minimum Gasteiger partial charge on any atom is -0.324 e. The molecule has 4 heteroatoms. The minimum absolute atomic E-state index is 0.0370. The molecule has 1 saturated carbocycles. The molecule has 0 spiro atoms. The van der Waals surface area contributed by atoms with E-state index in [1.807, 2.05) is 0 Å². The molecule has 0 unspecified atom stereocenters. The van der Waals surface area contributed by atoms with Crippen molar-refractivity contribution in [2.75, 3.05) is 5.32 Å². The first-order valence-corrected chi connectivity index (χ1v) is 7.99. The summed E-state index contributed by atoms with van der Waals surface area (Å²) >= 11 is 3.35. The smallest absolute Gasteiger partial charge is 0.230 e. The highest BCUT2D eigenvalue weighted by molar-refractivity contribution is 9.10. The van der Waals surface area contributed by atoms with Crippen molar-refractivity contribution in [3.05, 3.63) is 28.5 Å². The Kier molecular flexibility index (Phi) is 4.84. The van der Waals surface area contributed by atoms with E-state index in [0.717, 1.165) is 32.1 Å². The maximum Gasteiger partial charge on any atom is 0.230 e. The number of amides is 1. The van der Waals surface area contributed by atoms with Crippen LogP contribution in [0.1, 0.15) is 46.0 Å². The van der Waals surface area contributed by atoms with Crippen LogP contribution in [0.5, 0.6) is 0 Å². The molecule has 1 fully saturated rings. The quantitative estimate of drug-likeness (QED) is 0.807. The van der Waals surface area contributed by atoms with E-state index in [4.69, 9.17) is 0 Å². The maximum absolute atomic E-state index is 13.3. The Bertz CT molecular complexity index is 495. The van der Waals surface area contributed by atoms with Gasteiger partial charge in [-0.25, -0.2) is 4.39 Å². The highest BCUT2D eigenvalue weighted by Gasteiger charge is 2.41. The summed E-state index contributed by atoms with van der Waals surface area (Å²) in [5.41, 5.74) is 0.241. The zero-order valence-electron chi connectivity index (χ0n) is 12.0. The Morgan fingerprint density at radius 3 is 2.65 bits per heavy atom. The first kappa shape index (κ1) is 15.5. The van der Waals surface area contributed by atoms with Crippen molar-refractivity contribution in [1.82, 2.24) is 0 Å². The van der Waals surface area contributed by atoms with Crippen LogP contribution in [0.2, 0.25) is 0 Å². The van der Waals surface area contributed by atoms with Gasteiger partial charge in [-0.3, -0.25) is 4.79 Å². The fraction of sp³-hybridized carbons (Fsp3) is 0.562. The molecule has 1 aliphatic rings. The monoisotopic (exact) mass is 341 g/mol. The van der Waals surface area contributed by atoms with Gasteiger partial charge in [-0.2, -0.15) is 0 Å². The fourth-order valence-corrected chi connectivity index (χ4v) is 3.55. The van der Waals surface area contributed by atoms with Gasteiger partial charge in [0.05, 0.1) is 5.69 Å². The van der Waals surface area contributed by atoms with Crippen LogP contribution in [0.25, 0.3) is 0 Å². The van der Waals surface area contributed by atoms with E-state index in [-0.39, 0.29) is 17.1 Å². The first-order chi connectivity index (χ1) is 9.43. The number of benzene rings is 1. The van der Waals surface area contributed by atoms with Crippen molar-refractivity contribution >= 4 is 27.5 Å². The largest absolute Gasteiger partial charge is 0.324 e. The fourth-order valence-electron chi connectivity index (χ4n) is 3.21. The van der Waals surface area contributed by atoms with E-state index in [9.17, 15) is 9.18 Å². The third kappa shape index (κ3) is 3.40. The van der Waals surface area contributed by atoms with Crippen molar-refractivity contribution in [1.29, 1.82) is 0 Å². The minimum atomic E-state index is -0.340. The molecular weight excluding hydrogens is 321 g/mol. The first-order valence-electron chi connectivity index (χ1n) is 7.19. The summed E-state index contributed by atoms with van der Waals surface area (Å²) in [6, 6.07) is 4.36. The molecule has 0 radical (unpaired) electrons. The lowest BCUT2D eigenvalue weighted by molar-refractivity contribution is -0.126. The lowest BCUT2D eigenvalue weighted by Gasteiger charge is -2.29. The van der Waals surface area contributed by atoms with Gasteiger partial charge in [-0.1, -0.05) is 26.7 Å². The molecule has 0 bridgehead atoms. The average Bonchev–Trinajstić information content (AvgIpc) is 2.82. The topological polar surface area (TPSA) is 29.1 Å². The van der Waals surface area contributed by atoms with Crippen LogP contribution in [0.15, 0.2) is 22.7 Å². The molecule has 2 nitrogen and oxygen atoms in total. The Morgan fingerprint density at radius 1 is 1.40 bits per heavy atom. The van der Waals surface area contributed by atoms with Gasteiger partial charge in [0.2, 0.25) is 5.91 Å². The van der Waals surface area contributed by atoms with Gasteiger partial charge in [0.25, 0.3) is 0 Å². The van der Waals surface area contributed by atoms with Crippen molar-refractivity contribution < 1.29 is 9.18 Å². The third-order valence-electron chi connectivity index (χ3n) is 4.02. The highest BCUT2D eigenvalue weighted by Crippen LogP contribution is 2.44. The Hall–Kier alpha value is -0.900. The molecule has 1 aromatic rings. The van der Waals surface area contributed by atoms with Gasteiger partial charge in [-0.05, 0) is 59.3 Å². The molecule has 1 amide bonds. The Morgan fingerprint density at radius 2 is 2.05 bits per heavy atom. The number of hydrogen-bond acceptors (Lipinski definition) is 1. The van der Waals surface area contributed by atoms with E-state index in [2.05, 4.69) is 35.1 Å². The highest BCUT2D eigenvalue weighted by atomic mass is 79.9. The van der Waals surface area contributed by atoms with Crippen LogP contribution in [-0.2, 0) is 4.79 Å². The summed E-state index contributed by atoms with van der Waals surface area (Å²) in [4.78, 5) is 12.7. The molecule has 0 aliphatic heterocycles. The molecule has 110 valence electrons. The molecule has 0 heterocycles. The van der Waals surface area contributed by atoms with Gasteiger partial charge in [-0.15, -0.1) is 0 Å². The molecule has 0 atom stereocenters. The number of rotatable bonds is 4. The Labute approximate surface area is 128 Å². The summed E-state index contributed by atoms with van der Waals surface area (Å²) < 4.78 is 14.0. The van der Waals surface area contributed by atoms with Gasteiger partial charge < -0.3 is 5.32 Å². The summed E-state index contributed by atoms with van der Waals surface area (Å²) in [6.07, 6.45) is 4.97. The van der Waals surface area contributed by atoms with E-state index in [0.29, 0.717) is 16.1 Å². The van der Waals surface area contributed by atoms with Crippen LogP contribution in [-0.4, -0.2) is 5.91 Å². The molecular formula is C16H21BrFNO. The third-order valence-corrected chi connectivity index (χ3v) is 4.71. The molecule has 0 aromatic heterocycles. The normalized spacial score (nSPS) is 17.4. The molecule has 0 saturated heterocycles. The predicted molar refractivity (Wildman–Crippen MR) is 83.1 cm³/mol. The van der Waals surface area contributed by atoms with Crippen LogP contribution in [0.4, 0.5) is 10.1 Å². The number of carbonyl (C=O) groups is 1. The van der Waals surface area contributed by atoms with Crippen LogP contribution < -0.4 is 5.32 Å². The van der Waals surface area contributed by atoms with Crippen molar-refractivity contribution in [3.63, 3.8) is 0 Å². The van der Waals surface area contributed by atoms with Crippen molar-refractivity contribution in [2.45, 2.75) is 46.0 Å². The second kappa shape index (κ2) is 6.25. The van der Waals surface area contributed by atoms with Crippen LogP contribution in [0.3, 0.4) is 0 Å². The van der Waals surface area contributed by atoms with Crippen molar-refractivity contribution in [2.24, 2.45) is 11.3 Å². The maximum atomic E-state index is 13.3. The van der Waals surface area contributed by atoms with Gasteiger partial charge in [0, 0.05) is 9.89 Å². The van der Waals surface area contributed by atoms with E-state index >= 15 is 0 Å². The molecule has 2 rings (SSSR count). The van der Waals surface area contributed by atoms with Gasteiger partial charge in [0.1, 0.15) is 5.82 Å². The second-order valence-electron chi connectivity index (χ2n) is 6.16. The summed E-state index contributed by atoms with van der Waals surface area (Å²) in [7, 11) is 0. The van der Waals surface area contributed by atoms with E-state index in [1.54, 1.807) is 6.07 Å². The lowest BCUT2D eigenvalue weighted by Crippen LogP contribution is -2.35. The van der Waals surface area contributed by atoms with Gasteiger partial charge in [0.15, 0.2) is 0 Å². The average molecular weight is 342 g/mol. The summed E-state index contributed by atoms with van der Waals surface area (Å²) in [5, 5.41) is 2.91. The number of halogens is 2. The molecule has 1 aromatic carbocycles. The van der Waals surface area contributed by atoms with E-state index < -0.39 is 0 Å². The number of carbonyl (C=O) groups excluding carboxylic acids is 1. The lowest BCUT2D eigenvalue weighted by atomic mass is 9.77. The van der Waals surface area contributed by atoms with Gasteiger partial charge >= 0.3 is 0 Å². The van der Waals surface area contributed by atoms with Crippen LogP contribution >= 0.6 is 15.9 Å². The molecule has 1 N–H and O–H groups in total.